The maximum Gasteiger partial charge on any atom is 0.175 e. The highest BCUT2D eigenvalue weighted by atomic mass is 32.2. The number of hydrogen-bond acceptors (Lipinski definition) is 6. The number of aromatic nitrogens is 3. The first kappa shape index (κ1) is 18.3. The molecule has 7 nitrogen and oxygen atoms in total. The van der Waals surface area contributed by atoms with Gasteiger partial charge in [-0.3, -0.25) is 4.90 Å². The van der Waals surface area contributed by atoms with Crippen molar-refractivity contribution >= 4 is 9.84 Å². The maximum absolute atomic E-state index is 11.7. The van der Waals surface area contributed by atoms with Crippen LogP contribution in [0.3, 0.4) is 0 Å². The van der Waals surface area contributed by atoms with E-state index in [1.165, 1.54) is 17.4 Å². The first-order valence-electron chi connectivity index (χ1n) is 9.64. The number of nitrogens with zero attached hydrogens (tertiary/aromatic N) is 4. The summed E-state index contributed by atoms with van der Waals surface area (Å²) in [6.45, 7) is 2.52. The third kappa shape index (κ3) is 3.42. The maximum atomic E-state index is 11.7. The Morgan fingerprint density at radius 1 is 1.07 bits per heavy atom. The van der Waals surface area contributed by atoms with Gasteiger partial charge in [-0.25, -0.2) is 8.42 Å². The number of fused-ring (bicyclic) bond motifs is 2. The van der Waals surface area contributed by atoms with Crippen LogP contribution >= 0.6 is 0 Å². The van der Waals surface area contributed by atoms with E-state index in [1.54, 1.807) is 30.6 Å². The summed E-state index contributed by atoms with van der Waals surface area (Å²) in [5.74, 6) is 1.65. The zero-order valence-corrected chi connectivity index (χ0v) is 16.9. The van der Waals surface area contributed by atoms with E-state index >= 15 is 0 Å². The Morgan fingerprint density at radius 3 is 2.66 bits per heavy atom. The molecule has 0 spiro atoms. The molecule has 0 N–H and O–H groups in total. The predicted octanol–water partition coefficient (Wildman–Crippen LogP) is 2.24. The van der Waals surface area contributed by atoms with E-state index in [4.69, 9.17) is 4.74 Å². The molecule has 0 radical (unpaired) electrons. The van der Waals surface area contributed by atoms with Crippen molar-refractivity contribution in [2.45, 2.75) is 36.6 Å². The van der Waals surface area contributed by atoms with Crippen LogP contribution < -0.4 is 4.74 Å². The minimum Gasteiger partial charge on any atom is -0.484 e. The van der Waals surface area contributed by atoms with Gasteiger partial charge in [0.05, 0.1) is 17.5 Å². The van der Waals surface area contributed by atoms with Crippen molar-refractivity contribution in [1.29, 1.82) is 0 Å². The molecule has 1 aromatic heterocycles. The van der Waals surface area contributed by atoms with Crippen LogP contribution in [0.1, 0.15) is 23.1 Å². The lowest BCUT2D eigenvalue weighted by atomic mass is 10.1. The van der Waals surface area contributed by atoms with Crippen LogP contribution in [0.15, 0.2) is 59.8 Å². The SMILES string of the molecule is CS(=O)(=O)c1ccc(O[C@H]2c3ccccc3C[C@@H]2N2CCn3cnnc3C2)cc1. The molecule has 1 aliphatic carbocycles. The molecule has 0 unspecified atom stereocenters. The molecule has 8 heteroatoms. The fourth-order valence-electron chi connectivity index (χ4n) is 4.28. The lowest BCUT2D eigenvalue weighted by Crippen LogP contribution is -2.44. The van der Waals surface area contributed by atoms with Gasteiger partial charge < -0.3 is 9.30 Å². The second-order valence-electron chi connectivity index (χ2n) is 7.66. The molecule has 0 bridgehead atoms. The number of sulfone groups is 1. The van der Waals surface area contributed by atoms with Crippen LogP contribution in [-0.4, -0.2) is 46.9 Å². The van der Waals surface area contributed by atoms with Crippen molar-refractivity contribution in [3.8, 4) is 5.75 Å². The van der Waals surface area contributed by atoms with Gasteiger partial charge in [-0.1, -0.05) is 24.3 Å². The molecular formula is C21H22N4O3S. The van der Waals surface area contributed by atoms with E-state index < -0.39 is 9.84 Å². The average molecular weight is 410 g/mol. The highest BCUT2D eigenvalue weighted by Crippen LogP contribution is 2.39. The van der Waals surface area contributed by atoms with Crippen LogP contribution in [0.25, 0.3) is 0 Å². The normalized spacial score (nSPS) is 21.6. The monoisotopic (exact) mass is 410 g/mol. The smallest absolute Gasteiger partial charge is 0.175 e. The minimum atomic E-state index is -3.23. The van der Waals surface area contributed by atoms with Gasteiger partial charge in [0.25, 0.3) is 0 Å². The molecule has 0 saturated heterocycles. The van der Waals surface area contributed by atoms with E-state index in [1.807, 2.05) is 6.07 Å². The van der Waals surface area contributed by atoms with Crippen LogP contribution in [0.5, 0.6) is 5.75 Å². The molecule has 1 aliphatic heterocycles. The van der Waals surface area contributed by atoms with E-state index in [-0.39, 0.29) is 12.1 Å². The topological polar surface area (TPSA) is 77.3 Å². The third-order valence-electron chi connectivity index (χ3n) is 5.79. The summed E-state index contributed by atoms with van der Waals surface area (Å²) in [6.07, 6.45) is 3.79. The molecule has 2 atom stereocenters. The van der Waals surface area contributed by atoms with Crippen LogP contribution in [0.4, 0.5) is 0 Å². The predicted molar refractivity (Wildman–Crippen MR) is 107 cm³/mol. The zero-order chi connectivity index (χ0) is 20.0. The van der Waals surface area contributed by atoms with Crippen molar-refractivity contribution in [2.75, 3.05) is 12.8 Å². The van der Waals surface area contributed by atoms with Crippen LogP contribution in [0.2, 0.25) is 0 Å². The Balaban J connectivity index is 1.43. The molecule has 2 aromatic carbocycles. The summed E-state index contributed by atoms with van der Waals surface area (Å²) in [7, 11) is -3.23. The van der Waals surface area contributed by atoms with Gasteiger partial charge in [0.2, 0.25) is 0 Å². The lowest BCUT2D eigenvalue weighted by molar-refractivity contribution is 0.0584. The van der Waals surface area contributed by atoms with Crippen molar-refractivity contribution < 1.29 is 13.2 Å². The van der Waals surface area contributed by atoms with Crippen LogP contribution in [-0.2, 0) is 29.3 Å². The van der Waals surface area contributed by atoms with Gasteiger partial charge in [-0.2, -0.15) is 0 Å². The second-order valence-corrected chi connectivity index (χ2v) is 9.68. The molecule has 2 aliphatic rings. The molecule has 2 heterocycles. The molecule has 150 valence electrons. The Labute approximate surface area is 169 Å². The summed E-state index contributed by atoms with van der Waals surface area (Å²) in [4.78, 5) is 2.71. The molecule has 0 saturated carbocycles. The number of hydrogen-bond donors (Lipinski definition) is 0. The Kier molecular flexibility index (Phi) is 4.40. The van der Waals surface area contributed by atoms with Crippen molar-refractivity contribution in [3.05, 3.63) is 71.8 Å². The molecule has 5 rings (SSSR count). The van der Waals surface area contributed by atoms with Crippen LogP contribution in [0, 0.1) is 0 Å². The molecular weight excluding hydrogens is 388 g/mol. The van der Waals surface area contributed by atoms with E-state index in [0.717, 1.165) is 31.9 Å². The highest BCUT2D eigenvalue weighted by molar-refractivity contribution is 7.90. The standard InChI is InChI=1S/C21H22N4O3S/c1-29(26,27)17-8-6-16(7-9-17)28-21-18-5-3-2-4-15(18)12-19(21)24-10-11-25-14-22-23-20(25)13-24/h2-9,14,19,21H,10-13H2,1H3/t19-,21-/m0/s1. The molecule has 0 amide bonds. The number of ether oxygens (including phenoxy) is 1. The first-order chi connectivity index (χ1) is 14.0. The fourth-order valence-corrected chi connectivity index (χ4v) is 4.91. The zero-order valence-electron chi connectivity index (χ0n) is 16.1. The van der Waals surface area contributed by atoms with Gasteiger partial charge in [-0.05, 0) is 41.8 Å². The summed E-state index contributed by atoms with van der Waals surface area (Å²) in [6, 6.07) is 15.2. The molecule has 3 aromatic rings. The summed E-state index contributed by atoms with van der Waals surface area (Å²) in [5.41, 5.74) is 2.49. The van der Waals surface area contributed by atoms with E-state index in [9.17, 15) is 8.42 Å². The first-order valence-corrected chi connectivity index (χ1v) is 11.5. The largest absolute Gasteiger partial charge is 0.484 e. The summed E-state index contributed by atoms with van der Waals surface area (Å²) >= 11 is 0. The second kappa shape index (κ2) is 6.96. The van der Waals surface area contributed by atoms with Gasteiger partial charge >= 0.3 is 0 Å². The number of rotatable bonds is 4. The quantitative estimate of drug-likeness (QED) is 0.657. The summed E-state index contributed by atoms with van der Waals surface area (Å²) in [5, 5.41) is 8.27. The Hall–Kier alpha value is -2.71. The van der Waals surface area contributed by atoms with E-state index in [0.29, 0.717) is 10.6 Å². The van der Waals surface area contributed by atoms with Gasteiger partial charge in [0, 0.05) is 19.3 Å². The van der Waals surface area contributed by atoms with Gasteiger partial charge in [0.15, 0.2) is 9.84 Å². The van der Waals surface area contributed by atoms with Gasteiger partial charge in [-0.15, -0.1) is 10.2 Å². The van der Waals surface area contributed by atoms with Gasteiger partial charge in [0.1, 0.15) is 24.0 Å². The Bertz CT molecular complexity index is 1140. The van der Waals surface area contributed by atoms with E-state index in [2.05, 4.69) is 37.9 Å². The minimum absolute atomic E-state index is 0.121. The third-order valence-corrected chi connectivity index (χ3v) is 6.92. The Morgan fingerprint density at radius 2 is 1.86 bits per heavy atom. The highest BCUT2D eigenvalue weighted by Gasteiger charge is 2.39. The van der Waals surface area contributed by atoms with Crippen molar-refractivity contribution in [3.63, 3.8) is 0 Å². The fraction of sp³-hybridized carbons (Fsp3) is 0.333. The molecule has 29 heavy (non-hydrogen) atoms. The van der Waals surface area contributed by atoms with Crippen molar-refractivity contribution in [1.82, 2.24) is 19.7 Å². The summed E-state index contributed by atoms with van der Waals surface area (Å²) < 4.78 is 32.0. The lowest BCUT2D eigenvalue weighted by Gasteiger charge is -2.35. The van der Waals surface area contributed by atoms with Crippen molar-refractivity contribution in [2.24, 2.45) is 0 Å². The average Bonchev–Trinajstić information content (AvgIpc) is 3.32. The number of benzene rings is 2. The molecule has 0 fully saturated rings.